The van der Waals surface area contributed by atoms with Gasteiger partial charge in [-0.05, 0) is 36.8 Å². The van der Waals surface area contributed by atoms with Crippen LogP contribution >= 0.6 is 0 Å². The van der Waals surface area contributed by atoms with Crippen molar-refractivity contribution in [3.8, 4) is 5.69 Å². The van der Waals surface area contributed by atoms with E-state index in [2.05, 4.69) is 14.8 Å². The zero-order valence-corrected chi connectivity index (χ0v) is 13.9. The number of aromatic nitrogens is 3. The van der Waals surface area contributed by atoms with E-state index in [1.807, 2.05) is 0 Å². The molecule has 3 aromatic rings. The first-order valence-corrected chi connectivity index (χ1v) is 8.77. The summed E-state index contributed by atoms with van der Waals surface area (Å²) in [6.07, 6.45) is 2.95. The lowest BCUT2D eigenvalue weighted by molar-refractivity contribution is 0.553. The number of benzene rings is 2. The maximum atomic E-state index is 13.3. The molecule has 1 atom stereocenters. The van der Waals surface area contributed by atoms with Crippen molar-refractivity contribution >= 4 is 10.0 Å². The first-order chi connectivity index (χ1) is 11.8. The first kappa shape index (κ1) is 17.2. The number of halogens is 2. The average Bonchev–Trinajstić information content (AvgIpc) is 3.08. The minimum atomic E-state index is -4.06. The molecule has 3 rings (SSSR count). The van der Waals surface area contributed by atoms with E-state index in [1.165, 1.54) is 6.33 Å². The fourth-order valence-electron chi connectivity index (χ4n) is 2.31. The fraction of sp³-hybridized carbons (Fsp3) is 0.125. The molecule has 1 heterocycles. The number of hydrogen-bond acceptors (Lipinski definition) is 4. The molecule has 130 valence electrons. The number of rotatable bonds is 5. The van der Waals surface area contributed by atoms with Crippen LogP contribution in [0.4, 0.5) is 8.78 Å². The van der Waals surface area contributed by atoms with E-state index < -0.39 is 32.6 Å². The van der Waals surface area contributed by atoms with Crippen molar-refractivity contribution < 1.29 is 17.2 Å². The third-order valence-electron chi connectivity index (χ3n) is 3.55. The Balaban J connectivity index is 1.80. The van der Waals surface area contributed by atoms with Gasteiger partial charge in [-0.25, -0.2) is 31.6 Å². The zero-order chi connectivity index (χ0) is 18.0. The van der Waals surface area contributed by atoms with Crippen LogP contribution in [0.2, 0.25) is 0 Å². The molecule has 1 N–H and O–H groups in total. The van der Waals surface area contributed by atoms with Crippen LogP contribution in [0.25, 0.3) is 5.69 Å². The minimum Gasteiger partial charge on any atom is -0.223 e. The van der Waals surface area contributed by atoms with Gasteiger partial charge >= 0.3 is 0 Å². The van der Waals surface area contributed by atoms with E-state index in [1.54, 1.807) is 42.2 Å². The van der Waals surface area contributed by atoms with Gasteiger partial charge in [-0.1, -0.05) is 12.1 Å². The second-order valence-corrected chi connectivity index (χ2v) is 7.09. The first-order valence-electron chi connectivity index (χ1n) is 7.28. The van der Waals surface area contributed by atoms with E-state index in [4.69, 9.17) is 0 Å². The van der Waals surface area contributed by atoms with Gasteiger partial charge in [-0.15, -0.1) is 0 Å². The van der Waals surface area contributed by atoms with E-state index >= 15 is 0 Å². The molecule has 9 heteroatoms. The van der Waals surface area contributed by atoms with Crippen molar-refractivity contribution in [1.29, 1.82) is 0 Å². The third kappa shape index (κ3) is 3.89. The van der Waals surface area contributed by atoms with Crippen molar-refractivity contribution in [2.45, 2.75) is 17.9 Å². The van der Waals surface area contributed by atoms with E-state index in [-0.39, 0.29) is 0 Å². The second-order valence-electron chi connectivity index (χ2n) is 5.38. The van der Waals surface area contributed by atoms with Gasteiger partial charge in [0.1, 0.15) is 24.3 Å². The van der Waals surface area contributed by atoms with E-state index in [0.717, 1.165) is 17.8 Å². The highest BCUT2D eigenvalue weighted by molar-refractivity contribution is 7.89. The Hall–Kier alpha value is -2.65. The predicted octanol–water partition coefficient (Wildman–Crippen LogP) is 2.59. The number of nitrogens with zero attached hydrogens (tertiary/aromatic N) is 3. The summed E-state index contributed by atoms with van der Waals surface area (Å²) in [5.74, 6) is -1.91. The normalized spacial score (nSPS) is 12.9. The summed E-state index contributed by atoms with van der Waals surface area (Å²) in [6, 6.07) is 8.55. The van der Waals surface area contributed by atoms with E-state index in [9.17, 15) is 17.2 Å². The number of sulfonamides is 1. The highest BCUT2D eigenvalue weighted by atomic mass is 32.2. The van der Waals surface area contributed by atoms with Crippen LogP contribution in [0.1, 0.15) is 18.5 Å². The quantitative estimate of drug-likeness (QED) is 0.755. The van der Waals surface area contributed by atoms with Crippen molar-refractivity contribution in [2.24, 2.45) is 0 Å². The molecule has 0 aliphatic rings. The summed E-state index contributed by atoms with van der Waals surface area (Å²) in [4.78, 5) is 3.39. The molecule has 0 saturated carbocycles. The monoisotopic (exact) mass is 364 g/mol. The third-order valence-corrected chi connectivity index (χ3v) is 5.07. The molecule has 0 aliphatic heterocycles. The molecule has 0 fully saturated rings. The van der Waals surface area contributed by atoms with Crippen molar-refractivity contribution in [2.75, 3.05) is 0 Å². The largest absolute Gasteiger partial charge is 0.241 e. The molecular formula is C16H14F2N4O2S. The summed E-state index contributed by atoms with van der Waals surface area (Å²) in [7, 11) is -4.06. The van der Waals surface area contributed by atoms with Gasteiger partial charge in [-0.3, -0.25) is 0 Å². The molecule has 25 heavy (non-hydrogen) atoms. The molecule has 0 saturated heterocycles. The summed E-state index contributed by atoms with van der Waals surface area (Å²) in [5, 5.41) is 4.00. The van der Waals surface area contributed by atoms with Gasteiger partial charge < -0.3 is 0 Å². The summed E-state index contributed by atoms with van der Waals surface area (Å²) in [5.41, 5.74) is 1.45. The van der Waals surface area contributed by atoms with Gasteiger partial charge in [-0.2, -0.15) is 5.10 Å². The molecule has 0 radical (unpaired) electrons. The lowest BCUT2D eigenvalue weighted by atomic mass is 10.1. The van der Waals surface area contributed by atoms with Crippen LogP contribution in [0, 0.1) is 11.6 Å². The molecule has 1 unspecified atom stereocenters. The molecular weight excluding hydrogens is 350 g/mol. The van der Waals surface area contributed by atoms with Crippen LogP contribution in [0.5, 0.6) is 0 Å². The van der Waals surface area contributed by atoms with Crippen LogP contribution in [-0.4, -0.2) is 23.2 Å². The molecule has 6 nitrogen and oxygen atoms in total. The van der Waals surface area contributed by atoms with Gasteiger partial charge in [0.15, 0.2) is 0 Å². The van der Waals surface area contributed by atoms with Crippen LogP contribution < -0.4 is 4.72 Å². The molecule has 0 aliphatic carbocycles. The Bertz CT molecular complexity index is 954. The molecule has 1 aromatic heterocycles. The Morgan fingerprint density at radius 2 is 1.72 bits per heavy atom. The van der Waals surface area contributed by atoms with Crippen molar-refractivity contribution in [1.82, 2.24) is 19.5 Å². The average molecular weight is 364 g/mol. The summed E-state index contributed by atoms with van der Waals surface area (Å²) < 4.78 is 55.1. The standard InChI is InChI=1S/C16H14F2N4O2S/c1-11(12-2-4-15(5-3-12)22-10-19-9-20-22)21-25(23,24)16-7-13(17)6-14(18)8-16/h2-11,21H,1H3. The predicted molar refractivity (Wildman–Crippen MR) is 86.5 cm³/mol. The van der Waals surface area contributed by atoms with Crippen LogP contribution in [0.3, 0.4) is 0 Å². The number of hydrogen-bond donors (Lipinski definition) is 1. The van der Waals surface area contributed by atoms with Gasteiger partial charge in [0.25, 0.3) is 0 Å². The number of nitrogens with one attached hydrogen (secondary N) is 1. The Kier molecular flexibility index (Phi) is 4.60. The van der Waals surface area contributed by atoms with Gasteiger partial charge in [0, 0.05) is 12.1 Å². The highest BCUT2D eigenvalue weighted by Crippen LogP contribution is 2.20. The topological polar surface area (TPSA) is 76.9 Å². The van der Waals surface area contributed by atoms with E-state index in [0.29, 0.717) is 11.6 Å². The maximum Gasteiger partial charge on any atom is 0.241 e. The maximum absolute atomic E-state index is 13.3. The molecule has 0 bridgehead atoms. The lowest BCUT2D eigenvalue weighted by Gasteiger charge is -2.15. The Morgan fingerprint density at radius 1 is 1.08 bits per heavy atom. The molecule has 0 amide bonds. The summed E-state index contributed by atoms with van der Waals surface area (Å²) >= 11 is 0. The van der Waals surface area contributed by atoms with Crippen LogP contribution in [0.15, 0.2) is 60.0 Å². The van der Waals surface area contributed by atoms with Gasteiger partial charge in [0.05, 0.1) is 10.6 Å². The molecule has 0 spiro atoms. The minimum absolute atomic E-state index is 0.462. The molecule has 2 aromatic carbocycles. The SMILES string of the molecule is CC(NS(=O)(=O)c1cc(F)cc(F)c1)c1ccc(-n2cncn2)cc1. The Labute approximate surface area is 143 Å². The fourth-order valence-corrected chi connectivity index (χ4v) is 3.58. The summed E-state index contributed by atoms with van der Waals surface area (Å²) in [6.45, 7) is 1.64. The zero-order valence-electron chi connectivity index (χ0n) is 13.1. The van der Waals surface area contributed by atoms with Crippen molar-refractivity contribution in [3.05, 3.63) is 72.3 Å². The Morgan fingerprint density at radius 3 is 2.28 bits per heavy atom. The lowest BCUT2D eigenvalue weighted by Crippen LogP contribution is -2.27. The second kappa shape index (κ2) is 6.69. The smallest absolute Gasteiger partial charge is 0.223 e. The van der Waals surface area contributed by atoms with Crippen LogP contribution in [-0.2, 0) is 10.0 Å². The highest BCUT2D eigenvalue weighted by Gasteiger charge is 2.20. The van der Waals surface area contributed by atoms with Gasteiger partial charge in [0.2, 0.25) is 10.0 Å². The van der Waals surface area contributed by atoms with Crippen molar-refractivity contribution in [3.63, 3.8) is 0 Å².